The highest BCUT2D eigenvalue weighted by Gasteiger charge is 1.96. The van der Waals surface area contributed by atoms with Crippen molar-refractivity contribution in [3.63, 3.8) is 0 Å². The Hall–Kier alpha value is 0.440. The van der Waals surface area contributed by atoms with Gasteiger partial charge >= 0.3 is 0 Å². The van der Waals surface area contributed by atoms with Crippen molar-refractivity contribution in [2.75, 3.05) is 6.61 Å². The molecule has 0 aromatic rings. The van der Waals surface area contributed by atoms with Crippen LogP contribution in [0.25, 0.3) is 0 Å². The zero-order valence-electron chi connectivity index (χ0n) is 6.36. The van der Waals surface area contributed by atoms with Crippen molar-refractivity contribution in [3.05, 3.63) is 0 Å². The minimum atomic E-state index is 0.372. The molecule has 0 N–H and O–H groups in total. The van der Waals surface area contributed by atoms with Crippen LogP contribution >= 0.6 is 15.9 Å². The van der Waals surface area contributed by atoms with E-state index in [-0.39, 0.29) is 0 Å². The number of hydrogen-bond acceptors (Lipinski definition) is 1. The van der Waals surface area contributed by atoms with Gasteiger partial charge in [-0.3, -0.25) is 0 Å². The summed E-state index contributed by atoms with van der Waals surface area (Å²) in [5.41, 5.74) is 0. The average molecular weight is 195 g/mol. The van der Waals surface area contributed by atoms with Gasteiger partial charge in [0.1, 0.15) is 0 Å². The maximum Gasteiger partial charge on any atom is 0.0518 e. The molecule has 0 aliphatic carbocycles. The molecule has 0 aliphatic heterocycles. The third-order valence-corrected chi connectivity index (χ3v) is 1.42. The van der Waals surface area contributed by atoms with Gasteiger partial charge < -0.3 is 4.74 Å². The lowest BCUT2D eigenvalue weighted by atomic mass is 10.3. The van der Waals surface area contributed by atoms with Gasteiger partial charge in [-0.15, -0.1) is 0 Å². The number of alkyl halides is 1. The lowest BCUT2D eigenvalue weighted by Crippen LogP contribution is -2.06. The highest BCUT2D eigenvalue weighted by molar-refractivity contribution is 9.09. The van der Waals surface area contributed by atoms with Crippen LogP contribution in [0.1, 0.15) is 27.2 Å². The van der Waals surface area contributed by atoms with Crippen LogP contribution in [0.2, 0.25) is 0 Å². The molecule has 1 nitrogen and oxygen atoms in total. The molecule has 0 radical (unpaired) electrons. The van der Waals surface area contributed by atoms with Crippen LogP contribution < -0.4 is 0 Å². The maximum atomic E-state index is 5.32. The Balaban J connectivity index is 2.91. The van der Waals surface area contributed by atoms with Gasteiger partial charge in [-0.05, 0) is 20.3 Å². The first-order valence-electron chi connectivity index (χ1n) is 3.38. The number of halogens is 1. The van der Waals surface area contributed by atoms with Gasteiger partial charge in [0.2, 0.25) is 0 Å². The minimum Gasteiger partial charge on any atom is -0.379 e. The van der Waals surface area contributed by atoms with Gasteiger partial charge in [0.25, 0.3) is 0 Å². The molecular formula is C7H15BrO. The largest absolute Gasteiger partial charge is 0.379 e. The molecule has 0 saturated carbocycles. The third kappa shape index (κ3) is 8.44. The lowest BCUT2D eigenvalue weighted by Gasteiger charge is -2.07. The van der Waals surface area contributed by atoms with Gasteiger partial charge in [0.05, 0.1) is 6.10 Å². The third-order valence-electron chi connectivity index (χ3n) is 0.967. The summed E-state index contributed by atoms with van der Waals surface area (Å²) in [5, 5.41) is 0. The van der Waals surface area contributed by atoms with Crippen molar-refractivity contribution >= 4 is 15.9 Å². The van der Waals surface area contributed by atoms with E-state index < -0.39 is 0 Å². The standard InChI is InChI=1S/C7H15BrO/c1-6(2)9-5-4-7(3)8/h6-7H,4-5H2,1-3H3. The van der Waals surface area contributed by atoms with E-state index in [0.717, 1.165) is 13.0 Å². The topological polar surface area (TPSA) is 9.23 Å². The first kappa shape index (κ1) is 9.44. The Morgan fingerprint density at radius 2 is 1.89 bits per heavy atom. The summed E-state index contributed by atoms with van der Waals surface area (Å²) in [6.07, 6.45) is 1.47. The van der Waals surface area contributed by atoms with E-state index in [9.17, 15) is 0 Å². The van der Waals surface area contributed by atoms with E-state index in [1.165, 1.54) is 0 Å². The summed E-state index contributed by atoms with van der Waals surface area (Å²) >= 11 is 3.44. The van der Waals surface area contributed by atoms with Crippen LogP contribution in [0, 0.1) is 0 Å². The zero-order chi connectivity index (χ0) is 7.28. The van der Waals surface area contributed by atoms with Gasteiger partial charge in [-0.25, -0.2) is 0 Å². The molecule has 56 valence electrons. The normalized spacial score (nSPS) is 14.3. The molecular weight excluding hydrogens is 180 g/mol. The second kappa shape index (κ2) is 5.24. The van der Waals surface area contributed by atoms with Crippen LogP contribution in [0.4, 0.5) is 0 Å². The Morgan fingerprint density at radius 1 is 1.33 bits per heavy atom. The molecule has 0 saturated heterocycles. The predicted octanol–water partition coefficient (Wildman–Crippen LogP) is 2.58. The van der Waals surface area contributed by atoms with Crippen LogP contribution in [0.5, 0.6) is 0 Å². The minimum absolute atomic E-state index is 0.372. The van der Waals surface area contributed by atoms with E-state index in [0.29, 0.717) is 10.9 Å². The molecule has 0 rings (SSSR count). The van der Waals surface area contributed by atoms with Gasteiger partial charge in [0.15, 0.2) is 0 Å². The molecule has 9 heavy (non-hydrogen) atoms. The molecule has 0 amide bonds. The molecule has 1 atom stereocenters. The van der Waals surface area contributed by atoms with Gasteiger partial charge in [-0.2, -0.15) is 0 Å². The molecule has 0 aliphatic rings. The molecule has 0 heterocycles. The van der Waals surface area contributed by atoms with Crippen molar-refractivity contribution in [3.8, 4) is 0 Å². The lowest BCUT2D eigenvalue weighted by molar-refractivity contribution is 0.0776. The van der Waals surface area contributed by atoms with E-state index in [1.807, 2.05) is 0 Å². The fourth-order valence-electron chi connectivity index (χ4n) is 0.466. The number of rotatable bonds is 4. The Labute approximate surface area is 65.9 Å². The molecule has 0 aromatic carbocycles. The first-order valence-corrected chi connectivity index (χ1v) is 4.30. The second-order valence-corrected chi connectivity index (χ2v) is 4.05. The van der Waals surface area contributed by atoms with E-state index in [1.54, 1.807) is 0 Å². The summed E-state index contributed by atoms with van der Waals surface area (Å²) in [6.45, 7) is 7.10. The Morgan fingerprint density at radius 3 is 2.22 bits per heavy atom. The summed E-state index contributed by atoms with van der Waals surface area (Å²) in [5.74, 6) is 0. The predicted molar refractivity (Wildman–Crippen MR) is 44.1 cm³/mol. The monoisotopic (exact) mass is 194 g/mol. The summed E-state index contributed by atoms with van der Waals surface area (Å²) < 4.78 is 5.32. The van der Waals surface area contributed by atoms with E-state index in [2.05, 4.69) is 36.7 Å². The van der Waals surface area contributed by atoms with Crippen LogP contribution in [0.3, 0.4) is 0 Å². The van der Waals surface area contributed by atoms with Crippen LogP contribution in [-0.4, -0.2) is 17.5 Å². The van der Waals surface area contributed by atoms with Crippen molar-refractivity contribution in [1.82, 2.24) is 0 Å². The smallest absolute Gasteiger partial charge is 0.0518 e. The van der Waals surface area contributed by atoms with Crippen molar-refractivity contribution in [2.45, 2.75) is 38.1 Å². The SMILES string of the molecule is CC(Br)CCOC(C)C. The molecule has 0 fully saturated rings. The second-order valence-electron chi connectivity index (χ2n) is 2.49. The van der Waals surface area contributed by atoms with Crippen LogP contribution in [-0.2, 0) is 4.74 Å². The molecule has 0 spiro atoms. The van der Waals surface area contributed by atoms with Crippen molar-refractivity contribution in [1.29, 1.82) is 0 Å². The summed E-state index contributed by atoms with van der Waals surface area (Å²) in [4.78, 5) is 0.580. The van der Waals surface area contributed by atoms with Crippen molar-refractivity contribution < 1.29 is 4.74 Å². The molecule has 0 aromatic heterocycles. The Kier molecular flexibility index (Phi) is 5.50. The van der Waals surface area contributed by atoms with Gasteiger partial charge in [-0.1, -0.05) is 22.9 Å². The summed E-state index contributed by atoms with van der Waals surface area (Å²) in [6, 6.07) is 0. The maximum absolute atomic E-state index is 5.32. The van der Waals surface area contributed by atoms with E-state index >= 15 is 0 Å². The molecule has 1 unspecified atom stereocenters. The van der Waals surface area contributed by atoms with E-state index in [4.69, 9.17) is 4.74 Å². The Bertz CT molecular complexity index is 53.9. The summed E-state index contributed by atoms with van der Waals surface area (Å²) in [7, 11) is 0. The fraction of sp³-hybridized carbons (Fsp3) is 1.00. The number of hydrogen-bond donors (Lipinski definition) is 0. The average Bonchev–Trinajstić information content (AvgIpc) is 1.63. The van der Waals surface area contributed by atoms with Crippen LogP contribution in [0.15, 0.2) is 0 Å². The quantitative estimate of drug-likeness (QED) is 0.626. The van der Waals surface area contributed by atoms with Crippen molar-refractivity contribution in [2.24, 2.45) is 0 Å². The van der Waals surface area contributed by atoms with Gasteiger partial charge in [0, 0.05) is 11.4 Å². The first-order chi connectivity index (χ1) is 4.13. The highest BCUT2D eigenvalue weighted by atomic mass is 79.9. The number of ether oxygens (including phenoxy) is 1. The molecule has 0 bridgehead atoms. The zero-order valence-corrected chi connectivity index (χ0v) is 7.94. The fourth-order valence-corrected chi connectivity index (χ4v) is 0.653. The molecule has 2 heteroatoms. The highest BCUT2D eigenvalue weighted by Crippen LogP contribution is 2.03.